The quantitative estimate of drug-likeness (QED) is 0.663. The molecule has 1 aliphatic rings. The minimum absolute atomic E-state index is 0.248. The zero-order chi connectivity index (χ0) is 9.84. The van der Waals surface area contributed by atoms with E-state index in [1.165, 1.54) is 13.0 Å². The lowest BCUT2D eigenvalue weighted by atomic mass is 10.0. The van der Waals surface area contributed by atoms with Crippen LogP contribution in [0.5, 0.6) is 0 Å². The molecule has 13 heavy (non-hydrogen) atoms. The zero-order valence-corrected chi connectivity index (χ0v) is 8.95. The van der Waals surface area contributed by atoms with Crippen LogP contribution in [0.1, 0.15) is 20.3 Å². The highest BCUT2D eigenvalue weighted by molar-refractivity contribution is 4.83. The molecule has 1 unspecified atom stereocenters. The molecule has 78 valence electrons. The average molecular weight is 186 g/mol. The highest BCUT2D eigenvalue weighted by atomic mass is 16.3. The van der Waals surface area contributed by atoms with Crippen LogP contribution in [-0.2, 0) is 0 Å². The van der Waals surface area contributed by atoms with E-state index in [2.05, 4.69) is 31.1 Å². The van der Waals surface area contributed by atoms with Gasteiger partial charge < -0.3 is 15.3 Å². The number of nitrogens with one attached hydrogen (secondary N) is 1. The van der Waals surface area contributed by atoms with Crippen LogP contribution in [0, 0.1) is 5.92 Å². The van der Waals surface area contributed by atoms with Crippen molar-refractivity contribution in [2.45, 2.75) is 32.4 Å². The number of aliphatic hydroxyl groups is 1. The van der Waals surface area contributed by atoms with Crippen molar-refractivity contribution in [3.8, 4) is 0 Å². The summed E-state index contributed by atoms with van der Waals surface area (Å²) < 4.78 is 0. The highest BCUT2D eigenvalue weighted by Crippen LogP contribution is 2.09. The summed E-state index contributed by atoms with van der Waals surface area (Å²) in [5.74, 6) is 0.510. The summed E-state index contributed by atoms with van der Waals surface area (Å²) in [6, 6.07) is 0.834. The van der Waals surface area contributed by atoms with E-state index in [0.717, 1.165) is 6.54 Å². The van der Waals surface area contributed by atoms with Gasteiger partial charge in [-0.05, 0) is 25.9 Å². The third-order valence-corrected chi connectivity index (χ3v) is 2.84. The molecule has 0 spiro atoms. The Morgan fingerprint density at radius 2 is 2.23 bits per heavy atom. The van der Waals surface area contributed by atoms with Gasteiger partial charge >= 0.3 is 0 Å². The SMILES string of the molecule is CC(C)[C@@H](CO)NC1CCN(C)C1. The monoisotopic (exact) mass is 186 g/mol. The lowest BCUT2D eigenvalue weighted by molar-refractivity contribution is 0.199. The Bertz CT molecular complexity index is 150. The predicted octanol–water partition coefficient (Wildman–Crippen LogP) is 0.297. The Morgan fingerprint density at radius 3 is 2.62 bits per heavy atom. The summed E-state index contributed by atoms with van der Waals surface area (Å²) in [6.45, 7) is 6.83. The second kappa shape index (κ2) is 4.94. The van der Waals surface area contributed by atoms with Crippen molar-refractivity contribution in [3.05, 3.63) is 0 Å². The molecule has 0 aliphatic carbocycles. The molecule has 0 amide bonds. The maximum absolute atomic E-state index is 9.15. The van der Waals surface area contributed by atoms with Gasteiger partial charge in [-0.1, -0.05) is 13.8 Å². The summed E-state index contributed by atoms with van der Waals surface area (Å²) in [4.78, 5) is 2.33. The maximum Gasteiger partial charge on any atom is 0.0587 e. The van der Waals surface area contributed by atoms with E-state index in [0.29, 0.717) is 12.0 Å². The average Bonchev–Trinajstić information content (AvgIpc) is 2.46. The Labute approximate surface area is 81.1 Å². The number of rotatable bonds is 4. The van der Waals surface area contributed by atoms with E-state index >= 15 is 0 Å². The molecule has 0 aromatic carbocycles. The summed E-state index contributed by atoms with van der Waals surface area (Å²) in [7, 11) is 2.14. The predicted molar refractivity (Wildman–Crippen MR) is 54.7 cm³/mol. The molecular formula is C10H22N2O. The number of hydrogen-bond donors (Lipinski definition) is 2. The number of nitrogens with zero attached hydrogens (tertiary/aromatic N) is 1. The lowest BCUT2D eigenvalue weighted by Crippen LogP contribution is -2.44. The molecule has 1 saturated heterocycles. The van der Waals surface area contributed by atoms with E-state index < -0.39 is 0 Å². The summed E-state index contributed by atoms with van der Waals surface area (Å²) in [6.07, 6.45) is 1.21. The molecule has 1 rings (SSSR count). The first-order chi connectivity index (χ1) is 6.13. The highest BCUT2D eigenvalue weighted by Gasteiger charge is 2.23. The van der Waals surface area contributed by atoms with Gasteiger partial charge in [0.05, 0.1) is 6.61 Å². The first kappa shape index (κ1) is 11.0. The van der Waals surface area contributed by atoms with E-state index in [1.54, 1.807) is 0 Å². The largest absolute Gasteiger partial charge is 0.395 e. The lowest BCUT2D eigenvalue weighted by Gasteiger charge is -2.24. The number of likely N-dealkylation sites (tertiary alicyclic amines) is 1. The normalized spacial score (nSPS) is 27.0. The standard InChI is InChI=1S/C10H22N2O/c1-8(2)10(7-13)11-9-4-5-12(3)6-9/h8-11,13H,4-7H2,1-3H3/t9?,10-/m1/s1. The third-order valence-electron chi connectivity index (χ3n) is 2.84. The molecule has 3 nitrogen and oxygen atoms in total. The van der Waals surface area contributed by atoms with E-state index in [9.17, 15) is 0 Å². The Kier molecular flexibility index (Phi) is 4.16. The smallest absolute Gasteiger partial charge is 0.0587 e. The van der Waals surface area contributed by atoms with Gasteiger partial charge in [0, 0.05) is 18.6 Å². The molecule has 0 bridgehead atoms. The maximum atomic E-state index is 9.15. The van der Waals surface area contributed by atoms with Crippen molar-refractivity contribution in [2.75, 3.05) is 26.7 Å². The van der Waals surface area contributed by atoms with Gasteiger partial charge in [0.1, 0.15) is 0 Å². The molecule has 0 aromatic heterocycles. The zero-order valence-electron chi connectivity index (χ0n) is 8.95. The van der Waals surface area contributed by atoms with Gasteiger partial charge in [-0.3, -0.25) is 0 Å². The molecule has 1 heterocycles. The van der Waals surface area contributed by atoms with Crippen molar-refractivity contribution in [2.24, 2.45) is 5.92 Å². The van der Waals surface area contributed by atoms with Crippen LogP contribution in [0.4, 0.5) is 0 Å². The molecular weight excluding hydrogens is 164 g/mol. The fourth-order valence-corrected chi connectivity index (χ4v) is 1.83. The topological polar surface area (TPSA) is 35.5 Å². The molecule has 0 radical (unpaired) electrons. The minimum Gasteiger partial charge on any atom is -0.395 e. The van der Waals surface area contributed by atoms with E-state index in [1.807, 2.05) is 0 Å². The second-order valence-corrected chi connectivity index (χ2v) is 4.45. The van der Waals surface area contributed by atoms with Crippen LogP contribution in [-0.4, -0.2) is 48.8 Å². The van der Waals surface area contributed by atoms with Crippen molar-refractivity contribution >= 4 is 0 Å². The van der Waals surface area contributed by atoms with Gasteiger partial charge in [-0.15, -0.1) is 0 Å². The fourth-order valence-electron chi connectivity index (χ4n) is 1.83. The molecule has 3 heteroatoms. The summed E-state index contributed by atoms with van der Waals surface area (Å²) >= 11 is 0. The third kappa shape index (κ3) is 3.25. The minimum atomic E-state index is 0.248. The molecule has 0 aromatic rings. The summed E-state index contributed by atoms with van der Waals surface area (Å²) in [5.41, 5.74) is 0. The number of hydrogen-bond acceptors (Lipinski definition) is 3. The molecule has 2 N–H and O–H groups in total. The van der Waals surface area contributed by atoms with Crippen LogP contribution < -0.4 is 5.32 Å². The van der Waals surface area contributed by atoms with Crippen LogP contribution >= 0.6 is 0 Å². The van der Waals surface area contributed by atoms with Crippen molar-refractivity contribution < 1.29 is 5.11 Å². The second-order valence-electron chi connectivity index (χ2n) is 4.45. The van der Waals surface area contributed by atoms with E-state index in [4.69, 9.17) is 5.11 Å². The van der Waals surface area contributed by atoms with Crippen LogP contribution in [0.25, 0.3) is 0 Å². The number of aliphatic hydroxyl groups excluding tert-OH is 1. The van der Waals surface area contributed by atoms with Crippen molar-refractivity contribution in [1.29, 1.82) is 0 Å². The van der Waals surface area contributed by atoms with Gasteiger partial charge in [0.2, 0.25) is 0 Å². The van der Waals surface area contributed by atoms with E-state index in [-0.39, 0.29) is 12.6 Å². The van der Waals surface area contributed by atoms with Crippen molar-refractivity contribution in [1.82, 2.24) is 10.2 Å². The van der Waals surface area contributed by atoms with Crippen LogP contribution in [0.3, 0.4) is 0 Å². The van der Waals surface area contributed by atoms with Crippen LogP contribution in [0.15, 0.2) is 0 Å². The van der Waals surface area contributed by atoms with Gasteiger partial charge in [0.25, 0.3) is 0 Å². The van der Waals surface area contributed by atoms with Crippen molar-refractivity contribution in [3.63, 3.8) is 0 Å². The first-order valence-corrected chi connectivity index (χ1v) is 5.19. The summed E-state index contributed by atoms with van der Waals surface area (Å²) in [5, 5.41) is 12.7. The van der Waals surface area contributed by atoms with Gasteiger partial charge in [0.15, 0.2) is 0 Å². The Morgan fingerprint density at radius 1 is 1.54 bits per heavy atom. The molecule has 1 fully saturated rings. The molecule has 0 saturated carbocycles. The first-order valence-electron chi connectivity index (χ1n) is 5.19. The van der Waals surface area contributed by atoms with Gasteiger partial charge in [-0.25, -0.2) is 0 Å². The Balaban J connectivity index is 2.30. The van der Waals surface area contributed by atoms with Gasteiger partial charge in [-0.2, -0.15) is 0 Å². The molecule has 1 aliphatic heterocycles. The van der Waals surface area contributed by atoms with Crippen LogP contribution in [0.2, 0.25) is 0 Å². The Hall–Kier alpha value is -0.120. The fraction of sp³-hybridized carbons (Fsp3) is 1.00. The molecule has 2 atom stereocenters. The number of likely N-dealkylation sites (N-methyl/N-ethyl adjacent to an activating group) is 1.